The molecule has 0 saturated carbocycles. The van der Waals surface area contributed by atoms with Gasteiger partial charge in [-0.1, -0.05) is 156 Å². The smallest absolute Gasteiger partial charge is 0.200 e. The fourth-order valence-corrected chi connectivity index (χ4v) is 11.1. The predicted octanol–water partition coefficient (Wildman–Crippen LogP) is 20.4. The second-order valence-corrected chi connectivity index (χ2v) is 25.7. The molecule has 81 heavy (non-hydrogen) atoms. The van der Waals surface area contributed by atoms with Crippen molar-refractivity contribution in [2.75, 3.05) is 16.5 Å². The quantitative estimate of drug-likeness (QED) is 0.0863. The topological polar surface area (TPSA) is 33.5 Å². The van der Waals surface area contributed by atoms with E-state index in [9.17, 15) is 0 Å². The standard InChI is InChI=1S/C71H67F5N4O/c1-41-20-14-15-21-51(41)43-32-48(38-50(33-43)81-49-26-27-53-52-22-16-17-23-56(52)80(59(53)39-49)60-37-44(28-29-77-60)68(2,3)4)78-40-79(58-25-19-18-24-57(58)78)67-54(42-30-45(69(5,6)7)34-46(31-42)70(8,9)10)35-47(71(11,12)13)36-55(67)61-62(72)64(74)66(76)65(75)63(61)73/h14-39H,40H2,1-13H3. The highest BCUT2D eigenvalue weighted by Gasteiger charge is 2.37. The van der Waals surface area contributed by atoms with Crippen LogP contribution in [0, 0.1) is 36.0 Å². The summed E-state index contributed by atoms with van der Waals surface area (Å²) in [6.45, 7) is 27.4. The number of fused-ring (bicyclic) bond motifs is 4. The highest BCUT2D eigenvalue weighted by Crippen LogP contribution is 2.54. The summed E-state index contributed by atoms with van der Waals surface area (Å²) in [5, 5.41) is 2.13. The number of halogens is 5. The van der Waals surface area contributed by atoms with Crippen LogP contribution in [0.15, 0.2) is 158 Å². The SMILES string of the molecule is Cc1ccccc1-c1cc(Oc2ccc3c4ccccc4n(-c4cc(C(C)(C)C)ccn4)c3c2)cc(N2CN(c3c(-c4cc(C(C)(C)C)cc(C(C)(C)C)c4)cc(C(C)(C)C)cc3-c3c(F)c(F)c(F)c(F)c3F)c3ccccc32)c1. The van der Waals surface area contributed by atoms with Gasteiger partial charge >= 0.3 is 0 Å². The number of hydrogen-bond donors (Lipinski definition) is 0. The summed E-state index contributed by atoms with van der Waals surface area (Å²) in [7, 11) is 0. The van der Waals surface area contributed by atoms with Gasteiger partial charge in [-0.15, -0.1) is 0 Å². The molecule has 0 aliphatic carbocycles. The molecule has 0 amide bonds. The third-order valence-corrected chi connectivity index (χ3v) is 15.8. The Labute approximate surface area is 472 Å². The summed E-state index contributed by atoms with van der Waals surface area (Å²) in [5.74, 6) is -8.13. The molecule has 8 aromatic carbocycles. The first-order valence-electron chi connectivity index (χ1n) is 27.6. The van der Waals surface area contributed by atoms with Crippen LogP contribution in [0.25, 0.3) is 61.0 Å². The van der Waals surface area contributed by atoms with Crippen LogP contribution < -0.4 is 14.5 Å². The monoisotopic (exact) mass is 1090 g/mol. The maximum atomic E-state index is 16.8. The Hall–Kier alpha value is -8.24. The zero-order valence-corrected chi connectivity index (χ0v) is 48.3. The van der Waals surface area contributed by atoms with E-state index in [2.05, 4.69) is 152 Å². The van der Waals surface area contributed by atoms with Crippen LogP contribution >= 0.6 is 0 Å². The summed E-state index contributed by atoms with van der Waals surface area (Å²) in [5.41, 5.74) is 9.85. The van der Waals surface area contributed by atoms with Crippen molar-refractivity contribution < 1.29 is 26.7 Å². The lowest BCUT2D eigenvalue weighted by molar-refractivity contribution is 0.381. The number of rotatable bonds is 8. The van der Waals surface area contributed by atoms with Gasteiger partial charge in [0.2, 0.25) is 5.82 Å². The largest absolute Gasteiger partial charge is 0.457 e. The molecule has 11 rings (SSSR count). The summed E-state index contributed by atoms with van der Waals surface area (Å²) in [6.07, 6.45) is 1.86. The highest BCUT2D eigenvalue weighted by atomic mass is 19.2. The number of pyridine rings is 1. The molecular weight excluding hydrogens is 1020 g/mol. The van der Waals surface area contributed by atoms with Gasteiger partial charge in [0, 0.05) is 45.9 Å². The molecule has 0 radical (unpaired) electrons. The number of hydrogen-bond acceptors (Lipinski definition) is 4. The van der Waals surface area contributed by atoms with Crippen LogP contribution in [0.4, 0.5) is 44.7 Å². The van der Waals surface area contributed by atoms with Gasteiger partial charge in [-0.25, -0.2) is 26.9 Å². The summed E-state index contributed by atoms with van der Waals surface area (Å²) in [4.78, 5) is 8.95. The maximum Gasteiger partial charge on any atom is 0.200 e. The molecule has 0 spiro atoms. The molecule has 10 heteroatoms. The van der Waals surface area contributed by atoms with E-state index in [0.29, 0.717) is 28.3 Å². The number of benzene rings is 8. The van der Waals surface area contributed by atoms with E-state index < -0.39 is 40.1 Å². The van der Waals surface area contributed by atoms with E-state index in [1.165, 1.54) is 0 Å². The molecule has 0 atom stereocenters. The van der Waals surface area contributed by atoms with Gasteiger partial charge < -0.3 is 14.5 Å². The first-order chi connectivity index (χ1) is 38.2. The molecule has 1 aliphatic heterocycles. The molecule has 0 saturated heterocycles. The second kappa shape index (κ2) is 19.8. The number of nitrogens with zero attached hydrogens (tertiary/aromatic N) is 4. The van der Waals surface area contributed by atoms with Crippen molar-refractivity contribution in [2.24, 2.45) is 0 Å². The average Bonchev–Trinajstić information content (AvgIpc) is 3.84. The minimum atomic E-state index is -2.22. The van der Waals surface area contributed by atoms with Gasteiger partial charge in [0.25, 0.3) is 0 Å². The molecule has 3 heterocycles. The average molecular weight is 1090 g/mol. The van der Waals surface area contributed by atoms with Crippen molar-refractivity contribution in [3.05, 3.63) is 215 Å². The molecule has 2 aromatic heterocycles. The van der Waals surface area contributed by atoms with Gasteiger partial charge in [-0.3, -0.25) is 4.57 Å². The van der Waals surface area contributed by atoms with Crippen molar-refractivity contribution in [2.45, 2.75) is 112 Å². The van der Waals surface area contributed by atoms with E-state index in [0.717, 1.165) is 77.9 Å². The summed E-state index contributed by atoms with van der Waals surface area (Å²) < 4.78 is 89.4. The Kier molecular flexibility index (Phi) is 13.4. The van der Waals surface area contributed by atoms with E-state index in [-0.39, 0.29) is 34.2 Å². The van der Waals surface area contributed by atoms with Gasteiger partial charge in [0.05, 0.1) is 33.7 Å². The Morgan fingerprint density at radius 1 is 0.432 bits per heavy atom. The van der Waals surface area contributed by atoms with Crippen molar-refractivity contribution >= 4 is 44.6 Å². The van der Waals surface area contributed by atoms with Gasteiger partial charge in [0.1, 0.15) is 24.0 Å². The van der Waals surface area contributed by atoms with E-state index in [1.807, 2.05) is 105 Å². The molecule has 412 valence electrons. The fourth-order valence-electron chi connectivity index (χ4n) is 11.1. The number of ether oxygens (including phenoxy) is 1. The van der Waals surface area contributed by atoms with Crippen LogP contribution in [0.1, 0.15) is 111 Å². The van der Waals surface area contributed by atoms with Gasteiger partial charge in [-0.2, -0.15) is 0 Å². The van der Waals surface area contributed by atoms with E-state index >= 15 is 22.0 Å². The Balaban J connectivity index is 1.13. The van der Waals surface area contributed by atoms with Gasteiger partial charge in [-0.05, 0) is 140 Å². The third kappa shape index (κ3) is 9.91. The van der Waals surface area contributed by atoms with Crippen molar-refractivity contribution in [3.8, 4) is 50.7 Å². The van der Waals surface area contributed by atoms with Crippen molar-refractivity contribution in [1.82, 2.24) is 9.55 Å². The lowest BCUT2D eigenvalue weighted by Gasteiger charge is -2.32. The highest BCUT2D eigenvalue weighted by molar-refractivity contribution is 6.09. The minimum absolute atomic E-state index is 0.0675. The molecule has 0 bridgehead atoms. The van der Waals surface area contributed by atoms with E-state index in [4.69, 9.17) is 9.72 Å². The third-order valence-electron chi connectivity index (χ3n) is 15.8. The zero-order chi connectivity index (χ0) is 57.8. The Morgan fingerprint density at radius 2 is 0.975 bits per heavy atom. The molecular formula is C71H67F5N4O. The second-order valence-electron chi connectivity index (χ2n) is 25.7. The molecule has 0 N–H and O–H groups in total. The van der Waals surface area contributed by atoms with Crippen molar-refractivity contribution in [1.29, 1.82) is 0 Å². The number of aryl methyl sites for hydroxylation is 1. The Bertz CT molecular complexity index is 4090. The normalized spacial score (nSPS) is 13.2. The number of para-hydroxylation sites is 3. The number of anilines is 4. The number of aromatic nitrogens is 2. The van der Waals surface area contributed by atoms with Crippen LogP contribution in [-0.4, -0.2) is 16.2 Å². The molecule has 0 unspecified atom stereocenters. The molecule has 5 nitrogen and oxygen atoms in total. The summed E-state index contributed by atoms with van der Waals surface area (Å²) >= 11 is 0. The lowest BCUT2D eigenvalue weighted by atomic mass is 9.77. The maximum absolute atomic E-state index is 16.8. The fraction of sp³-hybridized carbons (Fsp3) is 0.254. The van der Waals surface area contributed by atoms with Crippen molar-refractivity contribution in [3.63, 3.8) is 0 Å². The molecule has 1 aliphatic rings. The predicted molar refractivity (Wildman–Crippen MR) is 323 cm³/mol. The van der Waals surface area contributed by atoms with Crippen LogP contribution in [0.5, 0.6) is 11.5 Å². The molecule has 0 fully saturated rings. The van der Waals surface area contributed by atoms with Crippen LogP contribution in [0.3, 0.4) is 0 Å². The van der Waals surface area contributed by atoms with Gasteiger partial charge in [0.15, 0.2) is 23.3 Å². The summed E-state index contributed by atoms with van der Waals surface area (Å²) in [6, 6.07) is 50.6. The van der Waals surface area contributed by atoms with Crippen LogP contribution in [0.2, 0.25) is 0 Å². The minimum Gasteiger partial charge on any atom is -0.457 e. The van der Waals surface area contributed by atoms with Crippen LogP contribution in [-0.2, 0) is 21.7 Å². The lowest BCUT2D eigenvalue weighted by Crippen LogP contribution is -2.26. The first kappa shape index (κ1) is 54.7. The zero-order valence-electron chi connectivity index (χ0n) is 48.3. The Morgan fingerprint density at radius 3 is 1.62 bits per heavy atom. The molecule has 10 aromatic rings. The first-order valence-corrected chi connectivity index (χ1v) is 27.6. The van der Waals surface area contributed by atoms with E-state index in [1.54, 1.807) is 6.07 Å².